The number of carbonyl (C=O) groups is 2. The van der Waals surface area contributed by atoms with Gasteiger partial charge in [-0.3, -0.25) is 4.79 Å². The zero-order valence-electron chi connectivity index (χ0n) is 11.3. The van der Waals surface area contributed by atoms with Gasteiger partial charge in [-0.15, -0.1) is 0 Å². The summed E-state index contributed by atoms with van der Waals surface area (Å²) in [7, 11) is 0. The molecule has 1 aromatic carbocycles. The van der Waals surface area contributed by atoms with Gasteiger partial charge in [0.2, 0.25) is 0 Å². The lowest BCUT2D eigenvalue weighted by atomic mass is 10.1. The molecule has 1 aromatic rings. The third-order valence-electron chi connectivity index (χ3n) is 2.71. The Morgan fingerprint density at radius 2 is 1.84 bits per heavy atom. The van der Waals surface area contributed by atoms with Crippen LogP contribution in [0.1, 0.15) is 24.5 Å². The van der Waals surface area contributed by atoms with Crippen molar-refractivity contribution in [1.29, 1.82) is 0 Å². The van der Waals surface area contributed by atoms with E-state index in [1.165, 1.54) is 5.56 Å². The minimum absolute atomic E-state index is 0.0538. The number of carbonyl (C=O) groups excluding carboxylic acids is 1. The van der Waals surface area contributed by atoms with Crippen molar-refractivity contribution >= 4 is 12.0 Å². The Labute approximate surface area is 113 Å². The summed E-state index contributed by atoms with van der Waals surface area (Å²) in [4.78, 5) is 22.0. The van der Waals surface area contributed by atoms with Crippen LogP contribution in [-0.2, 0) is 11.3 Å². The Bertz CT molecular complexity index is 429. The number of rotatable bonds is 6. The third kappa shape index (κ3) is 6.45. The molecule has 1 rings (SSSR count). The average Bonchev–Trinajstić information content (AvgIpc) is 2.35. The molecule has 0 fully saturated rings. The van der Waals surface area contributed by atoms with Crippen LogP contribution in [0.2, 0.25) is 0 Å². The lowest BCUT2D eigenvalue weighted by molar-refractivity contribution is -0.137. The SMILES string of the molecule is Cc1ccc(CNC(=O)NCC(C)CC(=O)O)cc1. The molecule has 0 aromatic heterocycles. The summed E-state index contributed by atoms with van der Waals surface area (Å²) in [5.74, 6) is -0.933. The highest BCUT2D eigenvalue weighted by Crippen LogP contribution is 2.02. The number of hydrogen-bond acceptors (Lipinski definition) is 2. The van der Waals surface area contributed by atoms with Gasteiger partial charge in [-0.2, -0.15) is 0 Å². The van der Waals surface area contributed by atoms with Crippen molar-refractivity contribution in [3.63, 3.8) is 0 Å². The number of benzene rings is 1. The van der Waals surface area contributed by atoms with E-state index in [-0.39, 0.29) is 18.4 Å². The molecular weight excluding hydrogens is 244 g/mol. The Hall–Kier alpha value is -2.04. The summed E-state index contributed by atoms with van der Waals surface area (Å²) in [5, 5.41) is 14.0. The normalized spacial score (nSPS) is 11.7. The van der Waals surface area contributed by atoms with E-state index in [1.54, 1.807) is 6.92 Å². The van der Waals surface area contributed by atoms with Gasteiger partial charge in [0.1, 0.15) is 0 Å². The second-order valence-corrected chi connectivity index (χ2v) is 4.75. The van der Waals surface area contributed by atoms with Crippen molar-refractivity contribution in [3.8, 4) is 0 Å². The monoisotopic (exact) mass is 264 g/mol. The number of carboxylic acid groups (broad SMARTS) is 1. The zero-order chi connectivity index (χ0) is 14.3. The first-order chi connectivity index (χ1) is 8.97. The fourth-order valence-corrected chi connectivity index (χ4v) is 1.59. The molecule has 1 unspecified atom stereocenters. The van der Waals surface area contributed by atoms with Crippen LogP contribution < -0.4 is 10.6 Å². The molecule has 0 aliphatic rings. The van der Waals surface area contributed by atoms with Crippen LogP contribution >= 0.6 is 0 Å². The van der Waals surface area contributed by atoms with E-state index in [0.29, 0.717) is 13.1 Å². The van der Waals surface area contributed by atoms with E-state index in [4.69, 9.17) is 5.11 Å². The van der Waals surface area contributed by atoms with Crippen LogP contribution in [0, 0.1) is 12.8 Å². The second-order valence-electron chi connectivity index (χ2n) is 4.75. The molecule has 1 atom stereocenters. The Morgan fingerprint density at radius 1 is 1.21 bits per heavy atom. The van der Waals surface area contributed by atoms with Gasteiger partial charge in [0.05, 0.1) is 0 Å². The summed E-state index contributed by atoms with van der Waals surface area (Å²) < 4.78 is 0. The summed E-state index contributed by atoms with van der Waals surface area (Å²) in [6, 6.07) is 7.62. The van der Waals surface area contributed by atoms with E-state index in [1.807, 2.05) is 31.2 Å². The number of urea groups is 1. The fraction of sp³-hybridized carbons (Fsp3) is 0.429. The fourth-order valence-electron chi connectivity index (χ4n) is 1.59. The van der Waals surface area contributed by atoms with Gasteiger partial charge in [0.15, 0.2) is 0 Å². The average molecular weight is 264 g/mol. The molecule has 0 heterocycles. The largest absolute Gasteiger partial charge is 0.481 e. The quantitative estimate of drug-likeness (QED) is 0.734. The first-order valence-corrected chi connectivity index (χ1v) is 6.26. The van der Waals surface area contributed by atoms with Crippen molar-refractivity contribution < 1.29 is 14.7 Å². The van der Waals surface area contributed by atoms with Crippen molar-refractivity contribution in [1.82, 2.24) is 10.6 Å². The van der Waals surface area contributed by atoms with Crippen LogP contribution in [0.4, 0.5) is 4.79 Å². The van der Waals surface area contributed by atoms with Crippen LogP contribution in [-0.4, -0.2) is 23.7 Å². The summed E-state index contributed by atoms with van der Waals surface area (Å²) in [6.45, 7) is 4.60. The van der Waals surface area contributed by atoms with Gasteiger partial charge in [-0.25, -0.2) is 4.79 Å². The van der Waals surface area contributed by atoms with E-state index in [0.717, 1.165) is 5.56 Å². The molecule has 0 bridgehead atoms. The highest BCUT2D eigenvalue weighted by Gasteiger charge is 2.08. The molecule has 19 heavy (non-hydrogen) atoms. The topological polar surface area (TPSA) is 78.4 Å². The molecular formula is C14H20N2O3. The van der Waals surface area contributed by atoms with Crippen LogP contribution in [0.3, 0.4) is 0 Å². The van der Waals surface area contributed by atoms with E-state index in [2.05, 4.69) is 10.6 Å². The van der Waals surface area contributed by atoms with Gasteiger partial charge in [-0.1, -0.05) is 36.8 Å². The molecule has 2 amide bonds. The Balaban J connectivity index is 2.24. The Kier molecular flexibility index (Phi) is 5.85. The molecule has 0 saturated carbocycles. The number of hydrogen-bond donors (Lipinski definition) is 3. The highest BCUT2D eigenvalue weighted by atomic mass is 16.4. The first-order valence-electron chi connectivity index (χ1n) is 6.26. The van der Waals surface area contributed by atoms with Gasteiger partial charge in [0, 0.05) is 19.5 Å². The van der Waals surface area contributed by atoms with Crippen LogP contribution in [0.15, 0.2) is 24.3 Å². The predicted molar refractivity (Wildman–Crippen MR) is 72.8 cm³/mol. The van der Waals surface area contributed by atoms with E-state index >= 15 is 0 Å². The molecule has 104 valence electrons. The molecule has 5 heteroatoms. The highest BCUT2D eigenvalue weighted by molar-refractivity contribution is 5.74. The number of aryl methyl sites for hydroxylation is 1. The molecule has 0 radical (unpaired) electrons. The van der Waals surface area contributed by atoms with Crippen molar-refractivity contribution in [2.24, 2.45) is 5.92 Å². The minimum Gasteiger partial charge on any atom is -0.481 e. The summed E-state index contributed by atoms with van der Waals surface area (Å²) in [6.07, 6.45) is 0.0538. The van der Waals surface area contributed by atoms with Gasteiger partial charge < -0.3 is 15.7 Å². The standard InChI is InChI=1S/C14H20N2O3/c1-10-3-5-12(6-4-10)9-16-14(19)15-8-11(2)7-13(17)18/h3-6,11H,7-9H2,1-2H3,(H,17,18)(H2,15,16,19). The number of nitrogens with one attached hydrogen (secondary N) is 2. The van der Waals surface area contributed by atoms with Gasteiger partial charge in [-0.05, 0) is 18.4 Å². The third-order valence-corrected chi connectivity index (χ3v) is 2.71. The lowest BCUT2D eigenvalue weighted by Gasteiger charge is -2.11. The molecule has 0 saturated heterocycles. The van der Waals surface area contributed by atoms with Crippen LogP contribution in [0.5, 0.6) is 0 Å². The van der Waals surface area contributed by atoms with Crippen LogP contribution in [0.25, 0.3) is 0 Å². The van der Waals surface area contributed by atoms with E-state index < -0.39 is 5.97 Å². The molecule has 0 spiro atoms. The molecule has 0 aliphatic heterocycles. The molecule has 5 nitrogen and oxygen atoms in total. The molecule has 3 N–H and O–H groups in total. The minimum atomic E-state index is -0.852. The summed E-state index contributed by atoms with van der Waals surface area (Å²) >= 11 is 0. The van der Waals surface area contributed by atoms with Crippen molar-refractivity contribution in [2.75, 3.05) is 6.54 Å². The maximum atomic E-state index is 11.5. The Morgan fingerprint density at radius 3 is 2.42 bits per heavy atom. The number of aliphatic carboxylic acids is 1. The maximum absolute atomic E-state index is 11.5. The smallest absolute Gasteiger partial charge is 0.315 e. The predicted octanol–water partition coefficient (Wildman–Crippen LogP) is 1.91. The van der Waals surface area contributed by atoms with Crippen molar-refractivity contribution in [2.45, 2.75) is 26.8 Å². The number of carboxylic acids is 1. The van der Waals surface area contributed by atoms with Gasteiger partial charge in [0.25, 0.3) is 0 Å². The van der Waals surface area contributed by atoms with Gasteiger partial charge >= 0.3 is 12.0 Å². The van der Waals surface area contributed by atoms with Crippen molar-refractivity contribution in [3.05, 3.63) is 35.4 Å². The summed E-state index contributed by atoms with van der Waals surface area (Å²) in [5.41, 5.74) is 2.20. The second kappa shape index (κ2) is 7.41. The van der Waals surface area contributed by atoms with E-state index in [9.17, 15) is 9.59 Å². The zero-order valence-corrected chi connectivity index (χ0v) is 11.3. The lowest BCUT2D eigenvalue weighted by Crippen LogP contribution is -2.37. The molecule has 0 aliphatic carbocycles. The first kappa shape index (κ1) is 15.0. The number of amides is 2. The maximum Gasteiger partial charge on any atom is 0.315 e.